The van der Waals surface area contributed by atoms with Crippen LogP contribution >= 0.6 is 31.9 Å². The Bertz CT molecular complexity index is 256. The molecule has 0 unspecified atom stereocenters. The monoisotopic (exact) mass is 307 g/mol. The molecule has 4 heteroatoms. The van der Waals surface area contributed by atoms with Gasteiger partial charge in [-0.05, 0) is 6.92 Å². The van der Waals surface area contributed by atoms with E-state index in [0.29, 0.717) is 6.61 Å². The highest BCUT2D eigenvalue weighted by atomic mass is 79.9. The second kappa shape index (κ2) is 5.60. The molecule has 13 heavy (non-hydrogen) atoms. The van der Waals surface area contributed by atoms with Crippen LogP contribution in [0.4, 0.5) is 0 Å². The van der Waals surface area contributed by atoms with Gasteiger partial charge in [0, 0.05) is 22.8 Å². The third-order valence-corrected chi connectivity index (χ3v) is 2.64. The van der Waals surface area contributed by atoms with Gasteiger partial charge in [-0.1, -0.05) is 31.9 Å². The van der Waals surface area contributed by atoms with Gasteiger partial charge in [-0.15, -0.1) is 0 Å². The van der Waals surface area contributed by atoms with Crippen molar-refractivity contribution >= 4 is 31.9 Å². The Kier molecular flexibility index (Phi) is 4.73. The predicted octanol–water partition coefficient (Wildman–Crippen LogP) is 3.27. The maximum atomic E-state index is 5.41. The zero-order chi connectivity index (χ0) is 9.68. The van der Waals surface area contributed by atoms with Crippen molar-refractivity contribution in [2.75, 3.05) is 6.61 Å². The Balaban J connectivity index is 2.93. The highest BCUT2D eigenvalue weighted by Gasteiger charge is 2.01. The average molecular weight is 309 g/mol. The summed E-state index contributed by atoms with van der Waals surface area (Å²) in [6.45, 7) is 2.66. The molecule has 0 spiro atoms. The van der Waals surface area contributed by atoms with E-state index in [9.17, 15) is 0 Å². The summed E-state index contributed by atoms with van der Waals surface area (Å²) < 4.78 is 5.41. The Morgan fingerprint density at radius 2 is 1.77 bits per heavy atom. The van der Waals surface area contributed by atoms with Crippen molar-refractivity contribution in [1.29, 1.82) is 0 Å². The molecule has 0 aliphatic carbocycles. The molecule has 72 valence electrons. The topological polar surface area (TPSA) is 22.1 Å². The molecule has 1 heterocycles. The molecule has 0 saturated carbocycles. The minimum absolute atomic E-state index is 0.688. The number of rotatable bonds is 4. The summed E-state index contributed by atoms with van der Waals surface area (Å²) in [5.74, 6) is 0.890. The van der Waals surface area contributed by atoms with Crippen molar-refractivity contribution in [2.45, 2.75) is 17.6 Å². The van der Waals surface area contributed by atoms with Crippen molar-refractivity contribution in [3.63, 3.8) is 0 Å². The maximum Gasteiger partial charge on any atom is 0.122 e. The van der Waals surface area contributed by atoms with E-state index < -0.39 is 0 Å². The zero-order valence-corrected chi connectivity index (χ0v) is 10.6. The van der Waals surface area contributed by atoms with E-state index in [-0.39, 0.29) is 0 Å². The molecule has 0 amide bonds. The third kappa shape index (κ3) is 3.27. The van der Waals surface area contributed by atoms with E-state index in [1.807, 2.05) is 19.1 Å². The molecule has 0 atom stereocenters. The lowest BCUT2D eigenvalue weighted by atomic mass is 10.3. The molecule has 1 aromatic heterocycles. The Hall–Kier alpha value is -0.0900. The van der Waals surface area contributed by atoms with Gasteiger partial charge in [0.2, 0.25) is 0 Å². The lowest BCUT2D eigenvalue weighted by molar-refractivity contribution is 0.339. The lowest BCUT2D eigenvalue weighted by Gasteiger charge is -2.06. The smallest absolute Gasteiger partial charge is 0.122 e. The van der Waals surface area contributed by atoms with Gasteiger partial charge in [-0.2, -0.15) is 0 Å². The number of alkyl halides is 2. The van der Waals surface area contributed by atoms with Crippen LogP contribution in [0, 0.1) is 0 Å². The summed E-state index contributed by atoms with van der Waals surface area (Å²) in [6.07, 6.45) is 0. The van der Waals surface area contributed by atoms with Crippen LogP contribution in [0.2, 0.25) is 0 Å². The molecule has 0 fully saturated rings. The number of hydrogen-bond acceptors (Lipinski definition) is 2. The molecular weight excluding hydrogens is 298 g/mol. The molecule has 0 radical (unpaired) electrons. The minimum Gasteiger partial charge on any atom is -0.494 e. The average Bonchev–Trinajstić information content (AvgIpc) is 2.17. The molecule has 0 aliphatic rings. The first-order valence-corrected chi connectivity index (χ1v) is 6.29. The molecule has 2 nitrogen and oxygen atoms in total. The number of ether oxygens (including phenoxy) is 1. The van der Waals surface area contributed by atoms with Crippen LogP contribution in [0.25, 0.3) is 0 Å². The maximum absolute atomic E-state index is 5.41. The van der Waals surface area contributed by atoms with Gasteiger partial charge in [-0.3, -0.25) is 4.98 Å². The van der Waals surface area contributed by atoms with Crippen molar-refractivity contribution in [2.24, 2.45) is 0 Å². The quantitative estimate of drug-likeness (QED) is 0.797. The molecule has 0 aliphatic heterocycles. The Morgan fingerprint density at radius 1 is 1.23 bits per heavy atom. The molecule has 1 rings (SSSR count). The van der Waals surface area contributed by atoms with Gasteiger partial charge in [0.15, 0.2) is 0 Å². The SMILES string of the molecule is CCOc1cc(CBr)nc(CBr)c1. The van der Waals surface area contributed by atoms with Crippen molar-refractivity contribution in [3.8, 4) is 5.75 Å². The molecule has 0 bridgehead atoms. The first kappa shape index (κ1) is 11.0. The summed E-state index contributed by atoms with van der Waals surface area (Å²) in [7, 11) is 0. The third-order valence-electron chi connectivity index (χ3n) is 1.49. The minimum atomic E-state index is 0.688. The second-order valence-corrected chi connectivity index (χ2v) is 3.61. The van der Waals surface area contributed by atoms with E-state index in [4.69, 9.17) is 4.74 Å². The van der Waals surface area contributed by atoms with Gasteiger partial charge < -0.3 is 4.74 Å². The molecule has 0 N–H and O–H groups in total. The van der Waals surface area contributed by atoms with E-state index >= 15 is 0 Å². The van der Waals surface area contributed by atoms with Crippen molar-refractivity contribution in [1.82, 2.24) is 4.98 Å². The number of pyridine rings is 1. The zero-order valence-electron chi connectivity index (χ0n) is 7.39. The fourth-order valence-corrected chi connectivity index (χ4v) is 1.58. The van der Waals surface area contributed by atoms with Crippen molar-refractivity contribution < 1.29 is 4.74 Å². The number of nitrogens with zero attached hydrogens (tertiary/aromatic N) is 1. The number of halogens is 2. The van der Waals surface area contributed by atoms with E-state index in [0.717, 1.165) is 27.8 Å². The van der Waals surface area contributed by atoms with E-state index in [1.54, 1.807) is 0 Å². The molecule has 0 aromatic carbocycles. The first-order chi connectivity index (χ1) is 6.30. The summed E-state index contributed by atoms with van der Waals surface area (Å²) >= 11 is 6.75. The van der Waals surface area contributed by atoms with Gasteiger partial charge in [0.25, 0.3) is 0 Å². The van der Waals surface area contributed by atoms with Gasteiger partial charge >= 0.3 is 0 Å². The fourth-order valence-electron chi connectivity index (χ4n) is 1.01. The predicted molar refractivity (Wildman–Crippen MR) is 60.7 cm³/mol. The lowest BCUT2D eigenvalue weighted by Crippen LogP contribution is -1.97. The fraction of sp³-hybridized carbons (Fsp3) is 0.444. The number of aromatic nitrogens is 1. The van der Waals surface area contributed by atoms with E-state index in [1.165, 1.54) is 0 Å². The normalized spacial score (nSPS) is 10.1. The molecule has 1 aromatic rings. The van der Waals surface area contributed by atoms with E-state index in [2.05, 4.69) is 36.8 Å². The van der Waals surface area contributed by atoms with Crippen LogP contribution in [0.5, 0.6) is 5.75 Å². The van der Waals surface area contributed by atoms with Crippen LogP contribution in [0.15, 0.2) is 12.1 Å². The summed E-state index contributed by atoms with van der Waals surface area (Å²) in [6, 6.07) is 3.90. The van der Waals surface area contributed by atoms with Crippen LogP contribution < -0.4 is 4.74 Å². The Morgan fingerprint density at radius 3 is 2.15 bits per heavy atom. The van der Waals surface area contributed by atoms with Gasteiger partial charge in [0.1, 0.15) is 5.75 Å². The van der Waals surface area contributed by atoms with Crippen LogP contribution in [-0.4, -0.2) is 11.6 Å². The largest absolute Gasteiger partial charge is 0.494 e. The molecular formula is C9H11Br2NO. The van der Waals surface area contributed by atoms with Crippen molar-refractivity contribution in [3.05, 3.63) is 23.5 Å². The first-order valence-electron chi connectivity index (χ1n) is 4.04. The van der Waals surface area contributed by atoms with Gasteiger partial charge in [-0.25, -0.2) is 0 Å². The second-order valence-electron chi connectivity index (χ2n) is 2.49. The summed E-state index contributed by atoms with van der Waals surface area (Å²) in [5, 5.41) is 1.52. The Labute approximate surface area is 95.0 Å². The van der Waals surface area contributed by atoms with Crippen LogP contribution in [0.3, 0.4) is 0 Å². The summed E-state index contributed by atoms with van der Waals surface area (Å²) in [4.78, 5) is 4.38. The molecule has 0 saturated heterocycles. The highest BCUT2D eigenvalue weighted by molar-refractivity contribution is 9.08. The highest BCUT2D eigenvalue weighted by Crippen LogP contribution is 2.17. The van der Waals surface area contributed by atoms with Gasteiger partial charge in [0.05, 0.1) is 18.0 Å². The van der Waals surface area contributed by atoms with Crippen LogP contribution in [0.1, 0.15) is 18.3 Å². The van der Waals surface area contributed by atoms with Crippen LogP contribution in [-0.2, 0) is 10.7 Å². The standard InChI is InChI=1S/C9H11Br2NO/c1-2-13-9-3-7(5-10)12-8(4-9)6-11/h3-4H,2,5-6H2,1H3. The summed E-state index contributed by atoms with van der Waals surface area (Å²) in [5.41, 5.74) is 2.00. The number of hydrogen-bond donors (Lipinski definition) is 0.